The molecule has 4 rings (SSSR count). The van der Waals surface area contributed by atoms with Crippen LogP contribution in [-0.2, 0) is 4.79 Å². The number of rotatable bonds is 4. The van der Waals surface area contributed by atoms with E-state index in [9.17, 15) is 4.79 Å². The summed E-state index contributed by atoms with van der Waals surface area (Å²) in [6.07, 6.45) is 1.89. The lowest BCUT2D eigenvalue weighted by atomic mass is 10.0. The van der Waals surface area contributed by atoms with Crippen LogP contribution in [0.5, 0.6) is 5.75 Å². The Kier molecular flexibility index (Phi) is 4.54. The maximum Gasteiger partial charge on any atom is 0.281 e. The van der Waals surface area contributed by atoms with Crippen molar-refractivity contribution >= 4 is 23.4 Å². The summed E-state index contributed by atoms with van der Waals surface area (Å²) < 4.78 is 5.20. The van der Waals surface area contributed by atoms with E-state index < -0.39 is 0 Å². The Morgan fingerprint density at radius 2 is 1.48 bits per heavy atom. The van der Waals surface area contributed by atoms with Crippen molar-refractivity contribution in [3.05, 3.63) is 102 Å². The van der Waals surface area contributed by atoms with Crippen molar-refractivity contribution in [3.8, 4) is 5.75 Å². The van der Waals surface area contributed by atoms with E-state index in [0.29, 0.717) is 17.0 Å². The van der Waals surface area contributed by atoms with Gasteiger partial charge in [0.15, 0.2) is 0 Å². The second-order valence-electron chi connectivity index (χ2n) is 6.10. The van der Waals surface area contributed by atoms with Crippen LogP contribution in [-0.4, -0.2) is 18.7 Å². The van der Waals surface area contributed by atoms with Gasteiger partial charge in [-0.05, 0) is 35.9 Å². The van der Waals surface area contributed by atoms with Crippen LogP contribution in [0.4, 0.5) is 5.69 Å². The Morgan fingerprint density at radius 1 is 0.852 bits per heavy atom. The predicted molar refractivity (Wildman–Crippen MR) is 108 cm³/mol. The van der Waals surface area contributed by atoms with Gasteiger partial charge in [0.25, 0.3) is 5.91 Å². The van der Waals surface area contributed by atoms with E-state index in [-0.39, 0.29) is 5.91 Å². The van der Waals surface area contributed by atoms with Crippen molar-refractivity contribution < 1.29 is 9.53 Å². The van der Waals surface area contributed by atoms with Crippen LogP contribution in [0.3, 0.4) is 0 Å². The molecule has 27 heavy (non-hydrogen) atoms. The summed E-state index contributed by atoms with van der Waals surface area (Å²) in [4.78, 5) is 13.2. The van der Waals surface area contributed by atoms with Crippen molar-refractivity contribution in [3.63, 3.8) is 0 Å². The number of anilines is 1. The highest BCUT2D eigenvalue weighted by atomic mass is 16.5. The summed E-state index contributed by atoms with van der Waals surface area (Å²) in [5, 5.41) is 6.08. The van der Waals surface area contributed by atoms with E-state index >= 15 is 0 Å². The first-order valence-electron chi connectivity index (χ1n) is 8.66. The molecule has 0 spiro atoms. The minimum atomic E-state index is -0.150. The minimum Gasteiger partial charge on any atom is -0.497 e. The second-order valence-corrected chi connectivity index (χ2v) is 6.10. The Bertz CT molecular complexity index is 1010. The average molecular weight is 354 g/mol. The molecule has 0 N–H and O–H groups in total. The van der Waals surface area contributed by atoms with Crippen LogP contribution in [0.25, 0.3) is 6.08 Å². The third-order valence-electron chi connectivity index (χ3n) is 4.35. The van der Waals surface area contributed by atoms with Gasteiger partial charge in [-0.1, -0.05) is 60.7 Å². The van der Waals surface area contributed by atoms with E-state index in [0.717, 1.165) is 16.9 Å². The topological polar surface area (TPSA) is 41.9 Å². The number of methoxy groups -OCH3 is 1. The maximum absolute atomic E-state index is 13.2. The first-order chi connectivity index (χ1) is 13.3. The first kappa shape index (κ1) is 16.8. The molecule has 4 heteroatoms. The molecule has 0 saturated heterocycles. The summed E-state index contributed by atoms with van der Waals surface area (Å²) in [5.74, 6) is 0.584. The molecule has 0 saturated carbocycles. The summed E-state index contributed by atoms with van der Waals surface area (Å²) in [6.45, 7) is 0. The number of hydrogen-bond acceptors (Lipinski definition) is 3. The van der Waals surface area contributed by atoms with Crippen molar-refractivity contribution in [2.45, 2.75) is 0 Å². The zero-order valence-electron chi connectivity index (χ0n) is 14.9. The van der Waals surface area contributed by atoms with Gasteiger partial charge in [-0.25, -0.2) is 0 Å². The number of hydrogen-bond donors (Lipinski definition) is 0. The van der Waals surface area contributed by atoms with Crippen LogP contribution < -0.4 is 9.75 Å². The quantitative estimate of drug-likeness (QED) is 0.646. The van der Waals surface area contributed by atoms with Gasteiger partial charge in [-0.15, -0.1) is 0 Å². The maximum atomic E-state index is 13.2. The summed E-state index contributed by atoms with van der Waals surface area (Å²) in [5.41, 5.74) is 3.80. The lowest BCUT2D eigenvalue weighted by Crippen LogP contribution is -2.21. The highest BCUT2D eigenvalue weighted by Crippen LogP contribution is 2.29. The van der Waals surface area contributed by atoms with E-state index in [1.54, 1.807) is 7.11 Å². The highest BCUT2D eigenvalue weighted by molar-refractivity contribution is 6.37. The standard InChI is InChI=1S/C23H18N2O2/c1-27-20-14-12-19(13-15-20)25-23(26)21(16-17-8-4-2-5-9-17)22(24-25)18-10-6-3-7-11-18/h2-16H,1H3/b21-16-. The van der Waals surface area contributed by atoms with Crippen LogP contribution in [0.1, 0.15) is 11.1 Å². The molecule has 132 valence electrons. The zero-order chi connectivity index (χ0) is 18.6. The monoisotopic (exact) mass is 354 g/mol. The first-order valence-corrected chi connectivity index (χ1v) is 8.66. The molecule has 0 atom stereocenters. The van der Waals surface area contributed by atoms with Crippen LogP contribution >= 0.6 is 0 Å². The number of hydrazone groups is 1. The molecule has 1 aliphatic rings. The number of ether oxygens (including phenoxy) is 1. The molecular weight excluding hydrogens is 336 g/mol. The molecule has 3 aromatic carbocycles. The Labute approximate surface area is 158 Å². The minimum absolute atomic E-state index is 0.150. The number of carbonyl (C=O) groups is 1. The predicted octanol–water partition coefficient (Wildman–Crippen LogP) is 4.53. The molecule has 0 aliphatic carbocycles. The normalized spacial score (nSPS) is 15.1. The molecule has 0 unspecified atom stereocenters. The average Bonchev–Trinajstić information content (AvgIpc) is 3.06. The smallest absolute Gasteiger partial charge is 0.281 e. The molecule has 0 aromatic heterocycles. The number of carbonyl (C=O) groups excluding carboxylic acids is 1. The van der Waals surface area contributed by atoms with Crippen LogP contribution in [0.15, 0.2) is 95.6 Å². The van der Waals surface area contributed by atoms with Gasteiger partial charge in [-0.3, -0.25) is 4.79 Å². The lowest BCUT2D eigenvalue weighted by molar-refractivity contribution is -0.114. The van der Waals surface area contributed by atoms with Crippen molar-refractivity contribution in [2.24, 2.45) is 5.10 Å². The zero-order valence-corrected chi connectivity index (χ0v) is 14.9. The third-order valence-corrected chi connectivity index (χ3v) is 4.35. The van der Waals surface area contributed by atoms with Gasteiger partial charge in [0.05, 0.1) is 18.4 Å². The van der Waals surface area contributed by atoms with Crippen molar-refractivity contribution in [2.75, 3.05) is 12.1 Å². The van der Waals surface area contributed by atoms with Gasteiger partial charge in [0.2, 0.25) is 0 Å². The van der Waals surface area contributed by atoms with Gasteiger partial charge < -0.3 is 4.74 Å². The number of nitrogens with zero attached hydrogens (tertiary/aromatic N) is 2. The summed E-state index contributed by atoms with van der Waals surface area (Å²) in [7, 11) is 1.61. The fourth-order valence-corrected chi connectivity index (χ4v) is 2.97. The molecule has 0 fully saturated rings. The molecule has 3 aromatic rings. The van der Waals surface area contributed by atoms with E-state index in [1.807, 2.05) is 91.0 Å². The molecule has 1 aliphatic heterocycles. The number of amides is 1. The summed E-state index contributed by atoms with van der Waals surface area (Å²) >= 11 is 0. The lowest BCUT2D eigenvalue weighted by Gasteiger charge is -2.12. The van der Waals surface area contributed by atoms with Crippen LogP contribution in [0.2, 0.25) is 0 Å². The van der Waals surface area contributed by atoms with Gasteiger partial charge >= 0.3 is 0 Å². The van der Waals surface area contributed by atoms with E-state index in [2.05, 4.69) is 5.10 Å². The fraction of sp³-hybridized carbons (Fsp3) is 0.0435. The third kappa shape index (κ3) is 3.37. The second kappa shape index (κ2) is 7.30. The van der Waals surface area contributed by atoms with Gasteiger partial charge in [0, 0.05) is 5.56 Å². The fourth-order valence-electron chi connectivity index (χ4n) is 2.97. The molecule has 4 nitrogen and oxygen atoms in total. The van der Waals surface area contributed by atoms with E-state index in [1.165, 1.54) is 5.01 Å². The Morgan fingerprint density at radius 3 is 2.11 bits per heavy atom. The molecule has 0 bridgehead atoms. The van der Waals surface area contributed by atoms with Crippen LogP contribution in [0, 0.1) is 0 Å². The molecule has 1 amide bonds. The van der Waals surface area contributed by atoms with Crippen molar-refractivity contribution in [1.29, 1.82) is 0 Å². The summed E-state index contributed by atoms with van der Waals surface area (Å²) in [6, 6.07) is 26.8. The van der Waals surface area contributed by atoms with E-state index in [4.69, 9.17) is 4.74 Å². The molecular formula is C23H18N2O2. The largest absolute Gasteiger partial charge is 0.497 e. The van der Waals surface area contributed by atoms with Crippen molar-refractivity contribution in [1.82, 2.24) is 0 Å². The SMILES string of the molecule is COc1ccc(N2N=C(c3ccccc3)/C(=C/c3ccccc3)C2=O)cc1. The Balaban J connectivity index is 1.79. The number of benzene rings is 3. The van der Waals surface area contributed by atoms with Gasteiger partial charge in [-0.2, -0.15) is 10.1 Å². The molecule has 0 radical (unpaired) electrons. The highest BCUT2D eigenvalue weighted by Gasteiger charge is 2.31. The Hall–Kier alpha value is -3.66. The van der Waals surface area contributed by atoms with Gasteiger partial charge in [0.1, 0.15) is 11.5 Å². The molecule has 1 heterocycles.